The third-order valence-electron chi connectivity index (χ3n) is 6.45. The molecule has 0 spiro atoms. The van der Waals surface area contributed by atoms with Gasteiger partial charge in [0, 0.05) is 25.2 Å². The van der Waals surface area contributed by atoms with E-state index in [1.165, 1.54) is 29.6 Å². The molecular formula is C21H30N2O5S. The third-order valence-corrected chi connectivity index (χ3v) is 8.37. The Balaban J connectivity index is 1.50. The summed E-state index contributed by atoms with van der Waals surface area (Å²) in [6.45, 7) is 3.56. The van der Waals surface area contributed by atoms with Crippen LogP contribution in [0.1, 0.15) is 39.0 Å². The predicted molar refractivity (Wildman–Crippen MR) is 109 cm³/mol. The highest BCUT2D eigenvalue weighted by atomic mass is 32.2. The van der Waals surface area contributed by atoms with E-state index >= 15 is 0 Å². The summed E-state index contributed by atoms with van der Waals surface area (Å²) in [6, 6.07) is 4.86. The minimum atomic E-state index is -3.73. The van der Waals surface area contributed by atoms with Crippen LogP contribution in [0.25, 0.3) is 0 Å². The summed E-state index contributed by atoms with van der Waals surface area (Å²) in [5.41, 5.74) is 0.494. The normalized spacial score (nSPS) is 27.1. The molecule has 1 saturated heterocycles. The Morgan fingerprint density at radius 2 is 2.03 bits per heavy atom. The van der Waals surface area contributed by atoms with Crippen molar-refractivity contribution in [3.8, 4) is 5.75 Å². The lowest BCUT2D eigenvalue weighted by Gasteiger charge is -2.27. The van der Waals surface area contributed by atoms with Gasteiger partial charge in [-0.25, -0.2) is 8.42 Å². The highest BCUT2D eigenvalue weighted by molar-refractivity contribution is 7.89. The van der Waals surface area contributed by atoms with Crippen LogP contribution in [0.4, 0.5) is 5.69 Å². The van der Waals surface area contributed by atoms with Gasteiger partial charge < -0.3 is 14.8 Å². The number of hydrogen-bond acceptors (Lipinski definition) is 5. The predicted octanol–water partition coefficient (Wildman–Crippen LogP) is 2.87. The highest BCUT2D eigenvalue weighted by Gasteiger charge is 2.40. The van der Waals surface area contributed by atoms with E-state index in [-0.39, 0.29) is 10.8 Å². The molecule has 1 aromatic carbocycles. The molecule has 1 N–H and O–H groups in total. The summed E-state index contributed by atoms with van der Waals surface area (Å²) in [5, 5.41) is 2.91. The van der Waals surface area contributed by atoms with E-state index in [1.807, 2.05) is 6.92 Å². The molecule has 3 fully saturated rings. The van der Waals surface area contributed by atoms with Crippen molar-refractivity contribution < 1.29 is 22.7 Å². The molecule has 2 saturated carbocycles. The topological polar surface area (TPSA) is 84.9 Å². The quantitative estimate of drug-likeness (QED) is 0.730. The van der Waals surface area contributed by atoms with Crippen LogP contribution in [-0.4, -0.2) is 51.5 Å². The van der Waals surface area contributed by atoms with E-state index in [9.17, 15) is 13.2 Å². The van der Waals surface area contributed by atoms with Crippen molar-refractivity contribution in [2.24, 2.45) is 17.8 Å². The first-order valence-corrected chi connectivity index (χ1v) is 12.1. The summed E-state index contributed by atoms with van der Waals surface area (Å²) in [5.74, 6) is 2.22. The molecular weight excluding hydrogens is 392 g/mol. The Morgan fingerprint density at radius 3 is 2.69 bits per heavy atom. The number of sulfonamides is 1. The maximum Gasteiger partial charge on any atom is 0.246 e. The van der Waals surface area contributed by atoms with Crippen molar-refractivity contribution >= 4 is 21.6 Å². The van der Waals surface area contributed by atoms with Crippen molar-refractivity contribution in [3.05, 3.63) is 18.2 Å². The fourth-order valence-corrected chi connectivity index (χ4v) is 6.63. The second kappa shape index (κ2) is 8.62. The second-order valence-corrected chi connectivity index (χ2v) is 10.2. The number of nitrogens with one attached hydrogen (secondary N) is 1. The van der Waals surface area contributed by atoms with E-state index in [0.29, 0.717) is 62.6 Å². The number of morpholine rings is 1. The molecule has 1 aliphatic heterocycles. The molecule has 0 aromatic heterocycles. The zero-order valence-electron chi connectivity index (χ0n) is 16.9. The number of carbonyl (C=O) groups excluding carboxylic acids is 1. The Bertz CT molecular complexity index is 851. The standard InChI is InChI=1S/C21H30N2O5S/c1-2-28-19-6-5-18(14-20(19)29(25,26)23-7-9-27-10-8-23)22-21(24)13-17-12-15-3-4-16(17)11-15/h5-6,14-17H,2-4,7-13H2,1H3,(H,22,24)/t15-,16+,17-/m0/s1. The third kappa shape index (κ3) is 4.44. The molecule has 7 nitrogen and oxygen atoms in total. The number of rotatable bonds is 7. The van der Waals surface area contributed by atoms with Crippen LogP contribution in [0.15, 0.2) is 23.1 Å². The van der Waals surface area contributed by atoms with E-state index in [2.05, 4.69) is 5.32 Å². The molecule has 160 valence electrons. The van der Waals surface area contributed by atoms with Crippen LogP contribution >= 0.6 is 0 Å². The Morgan fingerprint density at radius 1 is 1.24 bits per heavy atom. The first-order chi connectivity index (χ1) is 14.0. The maximum atomic E-state index is 13.2. The zero-order chi connectivity index (χ0) is 20.4. The molecule has 3 atom stereocenters. The van der Waals surface area contributed by atoms with Crippen LogP contribution in [0.2, 0.25) is 0 Å². The second-order valence-electron chi connectivity index (χ2n) is 8.30. The molecule has 1 aromatic rings. The van der Waals surface area contributed by atoms with Crippen molar-refractivity contribution in [1.82, 2.24) is 4.31 Å². The van der Waals surface area contributed by atoms with E-state index in [1.54, 1.807) is 12.1 Å². The number of amides is 1. The van der Waals surface area contributed by atoms with Gasteiger partial charge in [-0.2, -0.15) is 4.31 Å². The Hall–Kier alpha value is -1.64. The number of ether oxygens (including phenoxy) is 2. The molecule has 3 aliphatic rings. The summed E-state index contributed by atoms with van der Waals surface area (Å²) >= 11 is 0. The first kappa shape index (κ1) is 20.6. The average molecular weight is 423 g/mol. The van der Waals surface area contributed by atoms with Crippen molar-refractivity contribution in [2.45, 2.75) is 43.9 Å². The molecule has 2 aliphatic carbocycles. The van der Waals surface area contributed by atoms with Gasteiger partial charge in [-0.15, -0.1) is 0 Å². The van der Waals surface area contributed by atoms with Gasteiger partial charge in [0.05, 0.1) is 19.8 Å². The van der Waals surface area contributed by atoms with Gasteiger partial charge in [0.25, 0.3) is 0 Å². The number of anilines is 1. The summed E-state index contributed by atoms with van der Waals surface area (Å²) in [7, 11) is -3.73. The van der Waals surface area contributed by atoms with Crippen molar-refractivity contribution in [1.29, 1.82) is 0 Å². The first-order valence-electron chi connectivity index (χ1n) is 10.6. The highest BCUT2D eigenvalue weighted by Crippen LogP contribution is 2.49. The SMILES string of the molecule is CCOc1ccc(NC(=O)C[C@@H]2C[C@H]3CC[C@@H]2C3)cc1S(=O)(=O)N1CCOCC1. The molecule has 0 radical (unpaired) electrons. The van der Waals surface area contributed by atoms with Gasteiger partial charge in [-0.1, -0.05) is 6.42 Å². The molecule has 29 heavy (non-hydrogen) atoms. The number of benzene rings is 1. The minimum absolute atomic E-state index is 0.0403. The van der Waals surface area contributed by atoms with Gasteiger partial charge in [0.2, 0.25) is 15.9 Å². The number of hydrogen-bond donors (Lipinski definition) is 1. The minimum Gasteiger partial charge on any atom is -0.492 e. The molecule has 0 unspecified atom stereocenters. The van der Waals surface area contributed by atoms with E-state index in [4.69, 9.17) is 9.47 Å². The maximum absolute atomic E-state index is 13.2. The fraction of sp³-hybridized carbons (Fsp3) is 0.667. The number of carbonyl (C=O) groups is 1. The molecule has 1 heterocycles. The zero-order valence-corrected chi connectivity index (χ0v) is 17.7. The molecule has 1 amide bonds. The fourth-order valence-electron chi connectivity index (χ4n) is 5.06. The van der Waals surface area contributed by atoms with Crippen LogP contribution in [0, 0.1) is 17.8 Å². The largest absolute Gasteiger partial charge is 0.492 e. The van der Waals surface area contributed by atoms with Gasteiger partial charge in [-0.3, -0.25) is 4.79 Å². The lowest BCUT2D eigenvalue weighted by atomic mass is 9.86. The molecule has 2 bridgehead atoms. The van der Waals surface area contributed by atoms with Gasteiger partial charge in [0.15, 0.2) is 0 Å². The van der Waals surface area contributed by atoms with Gasteiger partial charge in [0.1, 0.15) is 10.6 Å². The van der Waals surface area contributed by atoms with Crippen LogP contribution in [-0.2, 0) is 19.6 Å². The van der Waals surface area contributed by atoms with Crippen LogP contribution in [0.3, 0.4) is 0 Å². The smallest absolute Gasteiger partial charge is 0.246 e. The van der Waals surface area contributed by atoms with E-state index < -0.39 is 10.0 Å². The lowest BCUT2D eigenvalue weighted by Crippen LogP contribution is -2.40. The van der Waals surface area contributed by atoms with Gasteiger partial charge >= 0.3 is 0 Å². The van der Waals surface area contributed by atoms with Crippen molar-refractivity contribution in [3.63, 3.8) is 0 Å². The van der Waals surface area contributed by atoms with Crippen LogP contribution < -0.4 is 10.1 Å². The summed E-state index contributed by atoms with van der Waals surface area (Å²) in [4.78, 5) is 12.7. The Labute approximate surface area is 172 Å². The number of nitrogens with zero attached hydrogens (tertiary/aromatic N) is 1. The molecule has 8 heteroatoms. The van der Waals surface area contributed by atoms with Crippen molar-refractivity contribution in [2.75, 3.05) is 38.2 Å². The monoisotopic (exact) mass is 422 g/mol. The Kier molecular flexibility index (Phi) is 6.13. The molecule has 4 rings (SSSR count). The average Bonchev–Trinajstić information content (AvgIpc) is 3.33. The summed E-state index contributed by atoms with van der Waals surface area (Å²) < 4.78 is 38.6. The lowest BCUT2D eigenvalue weighted by molar-refractivity contribution is -0.117. The number of fused-ring (bicyclic) bond motifs is 2. The van der Waals surface area contributed by atoms with Crippen LogP contribution in [0.5, 0.6) is 5.75 Å². The summed E-state index contributed by atoms with van der Waals surface area (Å²) in [6.07, 6.45) is 5.49. The van der Waals surface area contributed by atoms with E-state index in [0.717, 1.165) is 12.3 Å². The van der Waals surface area contributed by atoms with Gasteiger partial charge in [-0.05, 0) is 62.1 Å².